The number of hydrogen-bond acceptors (Lipinski definition) is 2. The highest BCUT2D eigenvalue weighted by atomic mass is 19.1. The van der Waals surface area contributed by atoms with E-state index >= 15 is 0 Å². The lowest BCUT2D eigenvalue weighted by Gasteiger charge is -2.33. The standard InChI is InChI=1S/C30H33FN2O2/c1-22-11-5-6-15-25(22)21-33(29(34)20-24-14-7-10-18-27(24)31)28(19-23-12-3-2-4-13-23)30(35)32-26-16-8-9-17-26/h2-7,10-15,18,26,28H,8-9,16-17,19-21H2,1H3,(H,32,35)/t28-/m1/s1. The van der Waals surface area contributed by atoms with Gasteiger partial charge in [0.15, 0.2) is 0 Å². The number of hydrogen-bond donors (Lipinski definition) is 1. The summed E-state index contributed by atoms with van der Waals surface area (Å²) < 4.78 is 14.4. The minimum atomic E-state index is -0.697. The van der Waals surface area contributed by atoms with E-state index in [4.69, 9.17) is 0 Å². The summed E-state index contributed by atoms with van der Waals surface area (Å²) >= 11 is 0. The molecule has 2 amide bonds. The molecule has 1 aliphatic rings. The van der Waals surface area contributed by atoms with E-state index in [1.165, 1.54) is 6.07 Å². The highest BCUT2D eigenvalue weighted by Crippen LogP contribution is 2.21. The zero-order chi connectivity index (χ0) is 24.6. The molecule has 1 saturated carbocycles. The zero-order valence-corrected chi connectivity index (χ0v) is 20.3. The second kappa shape index (κ2) is 11.8. The van der Waals surface area contributed by atoms with E-state index in [0.29, 0.717) is 12.0 Å². The lowest BCUT2D eigenvalue weighted by atomic mass is 10.00. The first-order valence-corrected chi connectivity index (χ1v) is 12.4. The maximum atomic E-state index is 14.4. The predicted molar refractivity (Wildman–Crippen MR) is 136 cm³/mol. The number of benzene rings is 3. The SMILES string of the molecule is Cc1ccccc1CN(C(=O)Cc1ccccc1F)[C@H](Cc1ccccc1)C(=O)NC1CCCC1. The average Bonchev–Trinajstić information content (AvgIpc) is 3.37. The Labute approximate surface area is 207 Å². The van der Waals surface area contributed by atoms with Gasteiger partial charge >= 0.3 is 0 Å². The van der Waals surface area contributed by atoms with E-state index in [-0.39, 0.29) is 30.8 Å². The third-order valence-electron chi connectivity index (χ3n) is 6.87. The second-order valence-corrected chi connectivity index (χ2v) is 9.41. The van der Waals surface area contributed by atoms with E-state index < -0.39 is 11.9 Å². The van der Waals surface area contributed by atoms with Gasteiger partial charge < -0.3 is 10.2 Å². The third kappa shape index (κ3) is 6.56. The third-order valence-corrected chi connectivity index (χ3v) is 6.87. The summed E-state index contributed by atoms with van der Waals surface area (Å²) in [5.41, 5.74) is 3.33. The lowest BCUT2D eigenvalue weighted by molar-refractivity contribution is -0.141. The molecule has 1 aliphatic carbocycles. The summed E-state index contributed by atoms with van der Waals surface area (Å²) in [6.45, 7) is 2.29. The fourth-order valence-electron chi connectivity index (χ4n) is 4.80. The molecule has 35 heavy (non-hydrogen) atoms. The van der Waals surface area contributed by atoms with Gasteiger partial charge in [-0.15, -0.1) is 0 Å². The molecule has 0 aliphatic heterocycles. The smallest absolute Gasteiger partial charge is 0.243 e. The van der Waals surface area contributed by atoms with Gasteiger partial charge in [0, 0.05) is 19.0 Å². The van der Waals surface area contributed by atoms with E-state index in [1.54, 1.807) is 23.1 Å². The molecule has 0 radical (unpaired) electrons. The van der Waals surface area contributed by atoms with Gasteiger partial charge in [0.25, 0.3) is 0 Å². The summed E-state index contributed by atoms with van der Waals surface area (Å²) in [4.78, 5) is 29.0. The van der Waals surface area contributed by atoms with Gasteiger partial charge in [-0.05, 0) is 48.1 Å². The number of rotatable bonds is 9. The van der Waals surface area contributed by atoms with Crippen molar-refractivity contribution in [3.05, 3.63) is 107 Å². The van der Waals surface area contributed by atoms with E-state index in [2.05, 4.69) is 5.32 Å². The summed E-state index contributed by atoms with van der Waals surface area (Å²) in [6.07, 6.45) is 4.44. The Balaban J connectivity index is 1.68. The molecule has 1 N–H and O–H groups in total. The van der Waals surface area contributed by atoms with Crippen molar-refractivity contribution >= 4 is 11.8 Å². The Morgan fingerprint density at radius 1 is 0.914 bits per heavy atom. The van der Waals surface area contributed by atoms with Gasteiger partial charge in [-0.1, -0.05) is 85.6 Å². The van der Waals surface area contributed by atoms with Gasteiger partial charge in [0.1, 0.15) is 11.9 Å². The van der Waals surface area contributed by atoms with E-state index in [1.807, 2.05) is 61.5 Å². The van der Waals surface area contributed by atoms with Crippen LogP contribution in [0.25, 0.3) is 0 Å². The lowest BCUT2D eigenvalue weighted by Crippen LogP contribution is -2.52. The zero-order valence-electron chi connectivity index (χ0n) is 20.3. The number of amides is 2. The summed E-state index contributed by atoms with van der Waals surface area (Å²) in [7, 11) is 0. The largest absolute Gasteiger partial charge is 0.352 e. The molecule has 5 heteroatoms. The van der Waals surface area contributed by atoms with Gasteiger partial charge in [-0.25, -0.2) is 4.39 Å². The molecule has 0 unspecified atom stereocenters. The molecule has 0 aromatic heterocycles. The first-order valence-electron chi connectivity index (χ1n) is 12.4. The Bertz CT molecular complexity index is 1140. The van der Waals surface area contributed by atoms with Crippen molar-refractivity contribution in [2.24, 2.45) is 0 Å². The summed E-state index contributed by atoms with van der Waals surface area (Å²) in [5, 5.41) is 3.20. The molecule has 4 nitrogen and oxygen atoms in total. The molecule has 1 atom stereocenters. The van der Waals surface area contributed by atoms with E-state index in [0.717, 1.165) is 42.4 Å². The van der Waals surface area contributed by atoms with Crippen LogP contribution in [0.3, 0.4) is 0 Å². The Morgan fingerprint density at radius 2 is 1.54 bits per heavy atom. The van der Waals surface area contributed by atoms with E-state index in [9.17, 15) is 14.0 Å². The Kier molecular flexibility index (Phi) is 8.30. The van der Waals surface area contributed by atoms with Crippen molar-refractivity contribution in [2.45, 2.75) is 64.1 Å². The maximum absolute atomic E-state index is 14.4. The van der Waals surface area contributed by atoms with Crippen LogP contribution >= 0.6 is 0 Å². The minimum absolute atomic E-state index is 0.0967. The van der Waals surface area contributed by atoms with Crippen LogP contribution in [0.5, 0.6) is 0 Å². The van der Waals surface area contributed by atoms with Crippen LogP contribution < -0.4 is 5.32 Å². The van der Waals surface area contributed by atoms with Gasteiger partial charge in [0.2, 0.25) is 11.8 Å². The van der Waals surface area contributed by atoms with Crippen molar-refractivity contribution in [2.75, 3.05) is 0 Å². The Hall–Kier alpha value is -3.47. The summed E-state index contributed by atoms with van der Waals surface area (Å²) in [5.74, 6) is -0.816. The van der Waals surface area contributed by atoms with Crippen LogP contribution in [0.15, 0.2) is 78.9 Å². The first-order chi connectivity index (χ1) is 17.0. The van der Waals surface area contributed by atoms with Crippen LogP contribution in [-0.4, -0.2) is 28.8 Å². The molecule has 0 saturated heterocycles. The Morgan fingerprint density at radius 3 is 2.23 bits per heavy atom. The molecular formula is C30H33FN2O2. The molecule has 1 fully saturated rings. The second-order valence-electron chi connectivity index (χ2n) is 9.41. The number of nitrogens with zero attached hydrogens (tertiary/aromatic N) is 1. The molecule has 0 spiro atoms. The molecule has 3 aromatic rings. The minimum Gasteiger partial charge on any atom is -0.352 e. The fourth-order valence-corrected chi connectivity index (χ4v) is 4.80. The van der Waals surface area contributed by atoms with Crippen molar-refractivity contribution in [3.8, 4) is 0 Å². The normalized spacial score (nSPS) is 14.5. The van der Waals surface area contributed by atoms with Crippen LogP contribution in [0.2, 0.25) is 0 Å². The van der Waals surface area contributed by atoms with Gasteiger partial charge in [-0.3, -0.25) is 9.59 Å². The van der Waals surface area contributed by atoms with Crippen LogP contribution in [0.4, 0.5) is 4.39 Å². The van der Waals surface area contributed by atoms with Crippen molar-refractivity contribution in [1.82, 2.24) is 10.2 Å². The first kappa shape index (κ1) is 24.6. The van der Waals surface area contributed by atoms with Crippen LogP contribution in [0, 0.1) is 12.7 Å². The summed E-state index contributed by atoms with van der Waals surface area (Å²) in [6, 6.07) is 23.4. The van der Waals surface area contributed by atoms with Gasteiger partial charge in [-0.2, -0.15) is 0 Å². The monoisotopic (exact) mass is 472 g/mol. The highest BCUT2D eigenvalue weighted by molar-refractivity contribution is 5.89. The van der Waals surface area contributed by atoms with Gasteiger partial charge in [0.05, 0.1) is 6.42 Å². The van der Waals surface area contributed by atoms with Crippen molar-refractivity contribution in [1.29, 1.82) is 0 Å². The number of aryl methyl sites for hydroxylation is 1. The molecule has 3 aromatic carbocycles. The molecule has 0 bridgehead atoms. The van der Waals surface area contributed by atoms with Crippen LogP contribution in [-0.2, 0) is 29.0 Å². The van der Waals surface area contributed by atoms with Crippen molar-refractivity contribution in [3.63, 3.8) is 0 Å². The highest BCUT2D eigenvalue weighted by Gasteiger charge is 2.32. The molecular weight excluding hydrogens is 439 g/mol. The number of carbonyl (C=O) groups is 2. The van der Waals surface area contributed by atoms with Crippen LogP contribution in [0.1, 0.15) is 47.9 Å². The quantitative estimate of drug-likeness (QED) is 0.455. The average molecular weight is 473 g/mol. The number of carbonyl (C=O) groups excluding carboxylic acids is 2. The molecule has 0 heterocycles. The maximum Gasteiger partial charge on any atom is 0.243 e. The fraction of sp³-hybridized carbons (Fsp3) is 0.333. The predicted octanol–water partition coefficient (Wildman–Crippen LogP) is 5.38. The van der Waals surface area contributed by atoms with Crippen molar-refractivity contribution < 1.29 is 14.0 Å². The molecule has 4 rings (SSSR count). The number of nitrogens with one attached hydrogen (secondary N) is 1. The number of halogens is 1. The molecule has 182 valence electrons. The topological polar surface area (TPSA) is 49.4 Å².